The number of benzene rings is 1. The zero-order valence-electron chi connectivity index (χ0n) is 17.6. The van der Waals surface area contributed by atoms with E-state index in [1.54, 1.807) is 23.5 Å². The summed E-state index contributed by atoms with van der Waals surface area (Å²) in [5.74, 6) is 0.488. The third kappa shape index (κ3) is 4.63. The first-order chi connectivity index (χ1) is 14.4. The van der Waals surface area contributed by atoms with E-state index in [9.17, 15) is 13.2 Å². The highest BCUT2D eigenvalue weighted by Crippen LogP contribution is 2.35. The van der Waals surface area contributed by atoms with E-state index in [1.807, 2.05) is 30.2 Å². The number of carbonyl (C=O) groups excluding carboxylic acids is 1. The third-order valence-electron chi connectivity index (χ3n) is 5.39. The van der Waals surface area contributed by atoms with E-state index >= 15 is 0 Å². The van der Waals surface area contributed by atoms with E-state index in [0.717, 1.165) is 19.4 Å². The Labute approximate surface area is 182 Å². The molecule has 9 heteroatoms. The number of anilines is 1. The Morgan fingerprint density at radius 3 is 2.70 bits per heavy atom. The molecule has 0 spiro atoms. The first-order valence-corrected chi connectivity index (χ1v) is 12.5. The van der Waals surface area contributed by atoms with Gasteiger partial charge in [-0.3, -0.25) is 4.79 Å². The summed E-state index contributed by atoms with van der Waals surface area (Å²) in [6.07, 6.45) is 1.95. The molecule has 7 nitrogen and oxygen atoms in total. The molecule has 0 radical (unpaired) electrons. The van der Waals surface area contributed by atoms with Crippen LogP contribution in [-0.4, -0.2) is 56.8 Å². The summed E-state index contributed by atoms with van der Waals surface area (Å²) in [5, 5.41) is 5.13. The monoisotopic (exact) mass is 451 g/mol. The minimum Gasteiger partial charge on any atom is -0.495 e. The van der Waals surface area contributed by atoms with Crippen molar-refractivity contribution in [2.45, 2.75) is 37.6 Å². The summed E-state index contributed by atoms with van der Waals surface area (Å²) in [6.45, 7) is 5.21. The van der Waals surface area contributed by atoms with Crippen molar-refractivity contribution in [3.05, 3.63) is 40.6 Å². The molecule has 1 fully saturated rings. The largest absolute Gasteiger partial charge is 0.495 e. The maximum atomic E-state index is 12.9. The standard InChI is InChI=1S/C21H29N3O4S2/c1-4-23(5-2)30(26,27)16-10-11-19(28-3)17(14-16)22-15-21(25)24-12-6-8-18(24)20-9-7-13-29-20/h7,9-11,13-14,18,22H,4-6,8,12,15H2,1-3H3. The number of sulfonamides is 1. The summed E-state index contributed by atoms with van der Waals surface area (Å²) >= 11 is 1.67. The normalized spacial score (nSPS) is 16.8. The molecule has 2 aromatic rings. The van der Waals surface area contributed by atoms with Gasteiger partial charge in [0.25, 0.3) is 0 Å². The lowest BCUT2D eigenvalue weighted by Gasteiger charge is -2.24. The van der Waals surface area contributed by atoms with Gasteiger partial charge in [0, 0.05) is 24.5 Å². The Kier molecular flexibility index (Phi) is 7.38. The van der Waals surface area contributed by atoms with Gasteiger partial charge in [0.2, 0.25) is 15.9 Å². The van der Waals surface area contributed by atoms with Crippen LogP contribution in [0.3, 0.4) is 0 Å². The highest BCUT2D eigenvalue weighted by atomic mass is 32.2. The summed E-state index contributed by atoms with van der Waals surface area (Å²) in [6, 6.07) is 8.89. The van der Waals surface area contributed by atoms with Crippen molar-refractivity contribution in [3.63, 3.8) is 0 Å². The van der Waals surface area contributed by atoms with E-state index < -0.39 is 10.0 Å². The number of amides is 1. The van der Waals surface area contributed by atoms with Crippen LogP contribution < -0.4 is 10.1 Å². The molecule has 0 saturated carbocycles. The molecular weight excluding hydrogens is 422 g/mol. The van der Waals surface area contributed by atoms with E-state index in [1.165, 1.54) is 22.4 Å². The fourth-order valence-electron chi connectivity index (χ4n) is 3.81. The molecule has 30 heavy (non-hydrogen) atoms. The van der Waals surface area contributed by atoms with Gasteiger partial charge in [0.05, 0.1) is 30.3 Å². The number of nitrogens with one attached hydrogen (secondary N) is 1. The van der Waals surface area contributed by atoms with Crippen molar-refractivity contribution in [1.82, 2.24) is 9.21 Å². The number of nitrogens with zero attached hydrogens (tertiary/aromatic N) is 2. The molecule has 1 aromatic heterocycles. The van der Waals surface area contributed by atoms with Crippen molar-refractivity contribution in [2.75, 3.05) is 38.6 Å². The van der Waals surface area contributed by atoms with Crippen molar-refractivity contribution in [2.24, 2.45) is 0 Å². The second-order valence-corrected chi connectivity index (χ2v) is 9.98. The molecule has 0 bridgehead atoms. The molecule has 3 rings (SSSR count). The summed E-state index contributed by atoms with van der Waals surface area (Å²) < 4.78 is 32.5. The summed E-state index contributed by atoms with van der Waals surface area (Å²) in [4.78, 5) is 16.2. The average Bonchev–Trinajstić information content (AvgIpc) is 3.43. The van der Waals surface area contributed by atoms with Gasteiger partial charge >= 0.3 is 0 Å². The average molecular weight is 452 g/mol. The molecule has 1 aliphatic rings. The Morgan fingerprint density at radius 1 is 1.30 bits per heavy atom. The number of methoxy groups -OCH3 is 1. The number of hydrogen-bond acceptors (Lipinski definition) is 6. The van der Waals surface area contributed by atoms with E-state index in [4.69, 9.17) is 4.74 Å². The van der Waals surface area contributed by atoms with Crippen LogP contribution in [0.25, 0.3) is 0 Å². The first-order valence-electron chi connectivity index (χ1n) is 10.2. The molecule has 1 aliphatic heterocycles. The molecule has 0 aliphatic carbocycles. The van der Waals surface area contributed by atoms with Gasteiger partial charge in [-0.05, 0) is 42.5 Å². The Bertz CT molecular complexity index is 957. The van der Waals surface area contributed by atoms with Gasteiger partial charge in [0.1, 0.15) is 5.75 Å². The van der Waals surface area contributed by atoms with E-state index in [2.05, 4.69) is 11.4 Å². The van der Waals surface area contributed by atoms with Crippen molar-refractivity contribution >= 4 is 33.0 Å². The van der Waals surface area contributed by atoms with E-state index in [0.29, 0.717) is 24.5 Å². The molecule has 1 amide bonds. The molecular formula is C21H29N3O4S2. The lowest BCUT2D eigenvalue weighted by molar-refractivity contribution is -0.130. The minimum absolute atomic E-state index is 0.00930. The van der Waals surface area contributed by atoms with Gasteiger partial charge in [-0.15, -0.1) is 11.3 Å². The molecule has 1 aromatic carbocycles. The SMILES string of the molecule is CCN(CC)S(=O)(=O)c1ccc(OC)c(NCC(=O)N2CCCC2c2cccs2)c1. The topological polar surface area (TPSA) is 79.0 Å². The second kappa shape index (κ2) is 9.80. The predicted octanol–water partition coefficient (Wildman–Crippen LogP) is 3.56. The van der Waals surface area contributed by atoms with E-state index in [-0.39, 0.29) is 23.4 Å². The lowest BCUT2D eigenvalue weighted by Crippen LogP contribution is -2.35. The van der Waals surface area contributed by atoms with Gasteiger partial charge in [-0.2, -0.15) is 4.31 Å². The molecule has 1 unspecified atom stereocenters. The Hall–Kier alpha value is -2.10. The van der Waals surface area contributed by atoms with Crippen LogP contribution in [0.1, 0.15) is 37.6 Å². The van der Waals surface area contributed by atoms with Crippen LogP contribution in [0.5, 0.6) is 5.75 Å². The Balaban J connectivity index is 1.76. The highest BCUT2D eigenvalue weighted by Gasteiger charge is 2.30. The van der Waals surface area contributed by atoms with Crippen LogP contribution in [0.2, 0.25) is 0 Å². The first kappa shape index (κ1) is 22.6. The zero-order chi connectivity index (χ0) is 21.7. The molecule has 1 saturated heterocycles. The number of rotatable bonds is 9. The number of thiophene rings is 1. The predicted molar refractivity (Wildman–Crippen MR) is 120 cm³/mol. The quantitative estimate of drug-likeness (QED) is 0.631. The van der Waals surface area contributed by atoms with Gasteiger partial charge in [-0.25, -0.2) is 8.42 Å². The smallest absolute Gasteiger partial charge is 0.243 e. The number of likely N-dealkylation sites (tertiary alicyclic amines) is 1. The maximum absolute atomic E-state index is 12.9. The number of ether oxygens (including phenoxy) is 1. The molecule has 164 valence electrons. The maximum Gasteiger partial charge on any atom is 0.243 e. The zero-order valence-corrected chi connectivity index (χ0v) is 19.3. The third-order valence-corrected chi connectivity index (χ3v) is 8.41. The van der Waals surface area contributed by atoms with Crippen molar-refractivity contribution < 1.29 is 17.9 Å². The number of hydrogen-bond donors (Lipinski definition) is 1. The lowest BCUT2D eigenvalue weighted by atomic mass is 10.2. The summed E-state index contributed by atoms with van der Waals surface area (Å²) in [5.41, 5.74) is 0.492. The van der Waals surface area contributed by atoms with Crippen LogP contribution in [-0.2, 0) is 14.8 Å². The van der Waals surface area contributed by atoms with Crippen LogP contribution in [0, 0.1) is 0 Å². The van der Waals surface area contributed by atoms with Crippen molar-refractivity contribution in [3.8, 4) is 5.75 Å². The van der Waals surface area contributed by atoms with Gasteiger partial charge < -0.3 is 15.0 Å². The minimum atomic E-state index is -3.60. The highest BCUT2D eigenvalue weighted by molar-refractivity contribution is 7.89. The fraction of sp³-hybridized carbons (Fsp3) is 0.476. The van der Waals surface area contributed by atoms with Crippen molar-refractivity contribution in [1.29, 1.82) is 0 Å². The fourth-order valence-corrected chi connectivity index (χ4v) is 6.17. The molecule has 1 N–H and O–H groups in total. The van der Waals surface area contributed by atoms with Gasteiger partial charge in [0.15, 0.2) is 0 Å². The van der Waals surface area contributed by atoms with Crippen LogP contribution in [0.15, 0.2) is 40.6 Å². The number of carbonyl (C=O) groups is 1. The Morgan fingerprint density at radius 2 is 2.07 bits per heavy atom. The summed E-state index contributed by atoms with van der Waals surface area (Å²) in [7, 11) is -2.08. The van der Waals surface area contributed by atoms with Crippen LogP contribution >= 0.6 is 11.3 Å². The molecule has 1 atom stereocenters. The van der Waals surface area contributed by atoms with Gasteiger partial charge in [-0.1, -0.05) is 19.9 Å². The molecule has 2 heterocycles. The van der Waals surface area contributed by atoms with Crippen LogP contribution in [0.4, 0.5) is 5.69 Å². The second-order valence-electron chi connectivity index (χ2n) is 7.07.